The zero-order valence-electron chi connectivity index (χ0n) is 16.9. The van der Waals surface area contributed by atoms with E-state index in [0.29, 0.717) is 43.5 Å². The van der Waals surface area contributed by atoms with Gasteiger partial charge in [-0.05, 0) is 26.0 Å². The van der Waals surface area contributed by atoms with Gasteiger partial charge in [-0.15, -0.1) is 10.2 Å². The number of amides is 2. The molecule has 2 amide bonds. The van der Waals surface area contributed by atoms with E-state index in [2.05, 4.69) is 34.3 Å². The van der Waals surface area contributed by atoms with E-state index in [1.807, 2.05) is 9.30 Å². The van der Waals surface area contributed by atoms with E-state index in [9.17, 15) is 9.59 Å². The lowest BCUT2D eigenvalue weighted by Crippen LogP contribution is -2.52. The van der Waals surface area contributed by atoms with E-state index in [-0.39, 0.29) is 17.9 Å². The summed E-state index contributed by atoms with van der Waals surface area (Å²) < 4.78 is 6.83. The molecule has 1 N–H and O–H groups in total. The van der Waals surface area contributed by atoms with Crippen LogP contribution in [0.4, 0.5) is 0 Å². The van der Waals surface area contributed by atoms with Crippen molar-refractivity contribution in [3.8, 4) is 0 Å². The molecule has 9 nitrogen and oxygen atoms in total. The Bertz CT molecular complexity index is 849. The molecule has 3 heterocycles. The van der Waals surface area contributed by atoms with Crippen LogP contribution in [0.2, 0.25) is 0 Å². The standard InChI is InChI=1S/C19H28N6O3/c1-13(2)24-9-8-23(14(3)26)12-16(24)18-22-21-17-6-5-15(11-25(17)18)19(27)20-7-10-28-4/h5-6,11,13,16H,7-10,12H2,1-4H3,(H,20,27). The molecular weight excluding hydrogens is 360 g/mol. The average molecular weight is 388 g/mol. The summed E-state index contributed by atoms with van der Waals surface area (Å²) in [6, 6.07) is 3.73. The minimum absolute atomic E-state index is 0.0560. The quantitative estimate of drug-likeness (QED) is 0.733. The smallest absolute Gasteiger partial charge is 0.252 e. The fourth-order valence-corrected chi connectivity index (χ4v) is 3.57. The Morgan fingerprint density at radius 2 is 2.07 bits per heavy atom. The third-order valence-corrected chi connectivity index (χ3v) is 5.11. The van der Waals surface area contributed by atoms with Gasteiger partial charge in [-0.2, -0.15) is 0 Å². The summed E-state index contributed by atoms with van der Waals surface area (Å²) in [5, 5.41) is 11.5. The predicted octanol–water partition coefficient (Wildman–Crippen LogP) is 0.719. The molecule has 0 aliphatic carbocycles. The maximum atomic E-state index is 12.4. The van der Waals surface area contributed by atoms with Crippen molar-refractivity contribution in [2.75, 3.05) is 39.9 Å². The number of carbonyl (C=O) groups excluding carboxylic acids is 2. The zero-order chi connectivity index (χ0) is 20.3. The molecule has 0 bridgehead atoms. The van der Waals surface area contributed by atoms with Gasteiger partial charge in [0.05, 0.1) is 18.2 Å². The Morgan fingerprint density at radius 1 is 1.29 bits per heavy atom. The summed E-state index contributed by atoms with van der Waals surface area (Å²) in [5.74, 6) is 0.620. The first-order valence-electron chi connectivity index (χ1n) is 9.55. The van der Waals surface area contributed by atoms with E-state index in [1.165, 1.54) is 0 Å². The molecule has 1 saturated heterocycles. The van der Waals surface area contributed by atoms with E-state index < -0.39 is 0 Å². The Hall–Kier alpha value is -2.52. The molecule has 9 heteroatoms. The van der Waals surface area contributed by atoms with Crippen molar-refractivity contribution in [2.24, 2.45) is 0 Å². The molecule has 0 saturated carbocycles. The van der Waals surface area contributed by atoms with Crippen LogP contribution in [-0.2, 0) is 9.53 Å². The lowest BCUT2D eigenvalue weighted by molar-refractivity contribution is -0.132. The van der Waals surface area contributed by atoms with Gasteiger partial charge in [0.15, 0.2) is 11.5 Å². The Morgan fingerprint density at radius 3 is 2.75 bits per heavy atom. The lowest BCUT2D eigenvalue weighted by Gasteiger charge is -2.42. The van der Waals surface area contributed by atoms with Crippen molar-refractivity contribution < 1.29 is 14.3 Å². The van der Waals surface area contributed by atoms with Crippen LogP contribution in [0.5, 0.6) is 0 Å². The van der Waals surface area contributed by atoms with Gasteiger partial charge in [0, 0.05) is 52.5 Å². The van der Waals surface area contributed by atoms with Crippen LogP contribution >= 0.6 is 0 Å². The molecule has 152 valence electrons. The number of rotatable bonds is 6. The first-order chi connectivity index (χ1) is 13.4. The van der Waals surface area contributed by atoms with Crippen LogP contribution in [0.15, 0.2) is 18.3 Å². The number of pyridine rings is 1. The number of nitrogens with one attached hydrogen (secondary N) is 1. The Balaban J connectivity index is 1.93. The van der Waals surface area contributed by atoms with Gasteiger partial charge >= 0.3 is 0 Å². The fourth-order valence-electron chi connectivity index (χ4n) is 3.57. The highest BCUT2D eigenvalue weighted by atomic mass is 16.5. The number of hydrogen-bond donors (Lipinski definition) is 1. The Labute approximate surface area is 164 Å². The van der Waals surface area contributed by atoms with Crippen LogP contribution in [0.3, 0.4) is 0 Å². The number of methoxy groups -OCH3 is 1. The summed E-state index contributed by atoms with van der Waals surface area (Å²) in [7, 11) is 1.59. The van der Waals surface area contributed by atoms with Crippen molar-refractivity contribution in [1.82, 2.24) is 29.7 Å². The molecule has 3 rings (SSSR count). The maximum absolute atomic E-state index is 12.4. The van der Waals surface area contributed by atoms with Crippen molar-refractivity contribution in [2.45, 2.75) is 32.9 Å². The largest absolute Gasteiger partial charge is 0.383 e. The normalized spacial score (nSPS) is 18.0. The lowest BCUT2D eigenvalue weighted by atomic mass is 10.1. The second-order valence-corrected chi connectivity index (χ2v) is 7.27. The molecule has 2 aromatic rings. The zero-order valence-corrected chi connectivity index (χ0v) is 16.9. The summed E-state index contributed by atoms with van der Waals surface area (Å²) in [4.78, 5) is 28.5. The summed E-state index contributed by atoms with van der Waals surface area (Å²) >= 11 is 0. The molecule has 0 radical (unpaired) electrons. The molecule has 28 heavy (non-hydrogen) atoms. The first-order valence-corrected chi connectivity index (χ1v) is 9.55. The van der Waals surface area contributed by atoms with E-state index in [1.54, 1.807) is 32.4 Å². The minimum Gasteiger partial charge on any atom is -0.383 e. The van der Waals surface area contributed by atoms with Crippen molar-refractivity contribution in [3.05, 3.63) is 29.7 Å². The fraction of sp³-hybridized carbons (Fsp3) is 0.579. The van der Waals surface area contributed by atoms with Gasteiger partial charge in [0.2, 0.25) is 5.91 Å². The van der Waals surface area contributed by atoms with Crippen LogP contribution in [0.1, 0.15) is 43.0 Å². The highest BCUT2D eigenvalue weighted by molar-refractivity contribution is 5.94. The minimum atomic E-state index is -0.173. The number of fused-ring (bicyclic) bond motifs is 1. The molecule has 2 aromatic heterocycles. The number of nitrogens with zero attached hydrogens (tertiary/aromatic N) is 5. The number of hydrogen-bond acceptors (Lipinski definition) is 6. The van der Waals surface area contributed by atoms with Crippen molar-refractivity contribution >= 4 is 17.5 Å². The summed E-state index contributed by atoms with van der Waals surface area (Å²) in [6.07, 6.45) is 1.76. The van der Waals surface area contributed by atoms with Crippen molar-refractivity contribution in [1.29, 1.82) is 0 Å². The van der Waals surface area contributed by atoms with Gasteiger partial charge in [-0.3, -0.25) is 18.9 Å². The van der Waals surface area contributed by atoms with Crippen molar-refractivity contribution in [3.63, 3.8) is 0 Å². The highest BCUT2D eigenvalue weighted by Crippen LogP contribution is 2.27. The molecule has 1 aliphatic rings. The third kappa shape index (κ3) is 4.15. The van der Waals surface area contributed by atoms with Gasteiger partial charge in [0.25, 0.3) is 5.91 Å². The van der Waals surface area contributed by atoms with Crippen LogP contribution in [0.25, 0.3) is 5.65 Å². The van der Waals surface area contributed by atoms with E-state index in [0.717, 1.165) is 12.4 Å². The predicted molar refractivity (Wildman–Crippen MR) is 104 cm³/mol. The van der Waals surface area contributed by atoms with Gasteiger partial charge in [-0.25, -0.2) is 0 Å². The molecule has 1 aliphatic heterocycles. The Kier molecular flexibility index (Phi) is 6.25. The molecule has 1 fully saturated rings. The first kappa shape index (κ1) is 20.2. The second kappa shape index (κ2) is 8.66. The number of piperazine rings is 1. The number of aromatic nitrogens is 3. The third-order valence-electron chi connectivity index (χ3n) is 5.11. The molecular formula is C19H28N6O3. The van der Waals surface area contributed by atoms with Crippen LogP contribution in [0, 0.1) is 0 Å². The molecule has 0 spiro atoms. The molecule has 1 atom stereocenters. The van der Waals surface area contributed by atoms with Crippen LogP contribution in [-0.4, -0.2) is 82.1 Å². The van der Waals surface area contributed by atoms with E-state index >= 15 is 0 Å². The molecule has 0 aromatic carbocycles. The van der Waals surface area contributed by atoms with E-state index in [4.69, 9.17) is 4.74 Å². The maximum Gasteiger partial charge on any atom is 0.252 e. The monoisotopic (exact) mass is 388 g/mol. The summed E-state index contributed by atoms with van der Waals surface area (Å²) in [5.41, 5.74) is 1.20. The van der Waals surface area contributed by atoms with Gasteiger partial charge in [-0.1, -0.05) is 0 Å². The second-order valence-electron chi connectivity index (χ2n) is 7.27. The highest BCUT2D eigenvalue weighted by Gasteiger charge is 2.34. The van der Waals surface area contributed by atoms with Gasteiger partial charge < -0.3 is 15.0 Å². The number of carbonyl (C=O) groups is 2. The topological polar surface area (TPSA) is 92.1 Å². The van der Waals surface area contributed by atoms with Crippen LogP contribution < -0.4 is 5.32 Å². The summed E-state index contributed by atoms with van der Waals surface area (Å²) in [6.45, 7) is 8.79. The average Bonchev–Trinajstić information content (AvgIpc) is 3.10. The van der Waals surface area contributed by atoms with Gasteiger partial charge in [0.1, 0.15) is 0 Å². The molecule has 1 unspecified atom stereocenters. The number of ether oxygens (including phenoxy) is 1. The SMILES string of the molecule is COCCNC(=O)c1ccc2nnc(C3CN(C(C)=O)CCN3C(C)C)n2c1.